The molecule has 0 amide bonds. The Labute approximate surface area is 148 Å². The quantitative estimate of drug-likeness (QED) is 0.794. The zero-order chi connectivity index (χ0) is 16.8. The molecule has 0 spiro atoms. The van der Waals surface area contributed by atoms with Crippen LogP contribution in [0.1, 0.15) is 11.1 Å². The average Bonchev–Trinajstić information content (AvgIpc) is 2.46. The number of hydrogen-bond donors (Lipinski definition) is 1. The first kappa shape index (κ1) is 17.6. The van der Waals surface area contributed by atoms with E-state index in [1.807, 2.05) is 30.1 Å². The van der Waals surface area contributed by atoms with Gasteiger partial charge in [-0.05, 0) is 67.5 Å². The van der Waals surface area contributed by atoms with Crippen molar-refractivity contribution in [2.24, 2.45) is 0 Å². The van der Waals surface area contributed by atoms with E-state index >= 15 is 0 Å². The summed E-state index contributed by atoms with van der Waals surface area (Å²) in [4.78, 5) is 1.96. The Balaban J connectivity index is 1.83. The Kier molecular flexibility index (Phi) is 6.25. The van der Waals surface area contributed by atoms with E-state index in [1.165, 1.54) is 11.1 Å². The predicted octanol–water partition coefficient (Wildman–Crippen LogP) is 4.66. The fourth-order valence-electron chi connectivity index (χ4n) is 2.22. The monoisotopic (exact) mass is 348 g/mol. The molecule has 0 saturated heterocycles. The van der Waals surface area contributed by atoms with Gasteiger partial charge in [-0.15, -0.1) is 0 Å². The minimum absolute atomic E-state index is 0.533. The molecule has 1 N–H and O–H groups in total. The molecule has 2 aromatic carbocycles. The maximum absolute atomic E-state index is 5.93. The summed E-state index contributed by atoms with van der Waals surface area (Å²) in [6, 6.07) is 13.7. The summed E-state index contributed by atoms with van der Waals surface area (Å²) < 4.78 is 5.68. The number of likely N-dealkylation sites (N-methyl/N-ethyl adjacent to an activating group) is 1. The number of nitrogens with zero attached hydrogens (tertiary/aromatic N) is 1. The highest BCUT2D eigenvalue weighted by atomic mass is 35.5. The van der Waals surface area contributed by atoms with Crippen LogP contribution >= 0.6 is 23.8 Å². The molecule has 0 aliphatic rings. The highest BCUT2D eigenvalue weighted by Crippen LogP contribution is 2.17. The molecule has 122 valence electrons. The van der Waals surface area contributed by atoms with Gasteiger partial charge in [0.05, 0.1) is 6.54 Å². The van der Waals surface area contributed by atoms with Crippen LogP contribution in [0, 0.1) is 13.8 Å². The Hall–Kier alpha value is -1.78. The molecule has 0 atom stereocenters. The third-order valence-corrected chi connectivity index (χ3v) is 3.96. The van der Waals surface area contributed by atoms with Gasteiger partial charge in [-0.3, -0.25) is 0 Å². The van der Waals surface area contributed by atoms with E-state index in [9.17, 15) is 0 Å². The number of ether oxygens (including phenoxy) is 1. The molecule has 3 nitrogen and oxygen atoms in total. The maximum atomic E-state index is 5.93. The SMILES string of the molecule is Cc1cc(C)cc(NC(=S)N(C)CCOc2cccc(Cl)c2)c1. The van der Waals surface area contributed by atoms with Crippen LogP contribution in [0.2, 0.25) is 5.02 Å². The molecule has 5 heteroatoms. The van der Waals surface area contributed by atoms with Crippen LogP contribution in [0.25, 0.3) is 0 Å². The Morgan fingerprint density at radius 3 is 2.52 bits per heavy atom. The summed E-state index contributed by atoms with van der Waals surface area (Å²) >= 11 is 11.4. The number of nitrogens with one attached hydrogen (secondary N) is 1. The minimum Gasteiger partial charge on any atom is -0.492 e. The molecule has 2 aromatic rings. The zero-order valence-corrected chi connectivity index (χ0v) is 15.2. The molecule has 23 heavy (non-hydrogen) atoms. The number of anilines is 1. The molecule has 0 unspecified atom stereocenters. The van der Waals surface area contributed by atoms with Crippen LogP contribution < -0.4 is 10.1 Å². The van der Waals surface area contributed by atoms with Crippen molar-refractivity contribution in [3.05, 3.63) is 58.6 Å². The lowest BCUT2D eigenvalue weighted by atomic mass is 10.1. The van der Waals surface area contributed by atoms with E-state index in [1.54, 1.807) is 6.07 Å². The second-order valence-electron chi connectivity index (χ2n) is 5.53. The van der Waals surface area contributed by atoms with E-state index < -0.39 is 0 Å². The van der Waals surface area contributed by atoms with E-state index in [0.717, 1.165) is 11.4 Å². The summed E-state index contributed by atoms with van der Waals surface area (Å²) in [6.07, 6.45) is 0. The Morgan fingerprint density at radius 2 is 1.87 bits per heavy atom. The summed E-state index contributed by atoms with van der Waals surface area (Å²) in [5.41, 5.74) is 3.43. The van der Waals surface area contributed by atoms with Crippen molar-refractivity contribution in [1.29, 1.82) is 0 Å². The first-order valence-corrected chi connectivity index (χ1v) is 8.21. The number of hydrogen-bond acceptors (Lipinski definition) is 2. The summed E-state index contributed by atoms with van der Waals surface area (Å²) in [5.74, 6) is 0.763. The molecule has 0 saturated carbocycles. The highest BCUT2D eigenvalue weighted by molar-refractivity contribution is 7.80. The molecule has 0 aliphatic carbocycles. The molecule has 0 heterocycles. The number of thiocarbonyl (C=S) groups is 1. The van der Waals surface area contributed by atoms with Gasteiger partial charge in [0, 0.05) is 17.8 Å². The standard InChI is InChI=1S/C18H21ClN2OS/c1-13-9-14(2)11-16(10-13)20-18(23)21(3)7-8-22-17-6-4-5-15(19)12-17/h4-6,9-12H,7-8H2,1-3H3,(H,20,23). The molecule has 0 aromatic heterocycles. The molecule has 0 radical (unpaired) electrons. The van der Waals surface area contributed by atoms with Gasteiger partial charge in [-0.25, -0.2) is 0 Å². The van der Waals surface area contributed by atoms with Crippen LogP contribution in [0.15, 0.2) is 42.5 Å². The Bertz CT molecular complexity index is 670. The van der Waals surface area contributed by atoms with Crippen molar-refractivity contribution in [3.63, 3.8) is 0 Å². The van der Waals surface area contributed by atoms with Crippen molar-refractivity contribution in [3.8, 4) is 5.75 Å². The fraction of sp³-hybridized carbons (Fsp3) is 0.278. The second kappa shape index (κ2) is 8.18. The molecular weight excluding hydrogens is 328 g/mol. The van der Waals surface area contributed by atoms with Crippen LogP contribution in [0.3, 0.4) is 0 Å². The number of halogens is 1. The van der Waals surface area contributed by atoms with Gasteiger partial charge < -0.3 is 15.0 Å². The Morgan fingerprint density at radius 1 is 1.17 bits per heavy atom. The largest absolute Gasteiger partial charge is 0.492 e. The summed E-state index contributed by atoms with van der Waals surface area (Å²) in [7, 11) is 1.94. The fourth-order valence-corrected chi connectivity index (χ4v) is 2.61. The van der Waals surface area contributed by atoms with Crippen LogP contribution in [0.5, 0.6) is 5.75 Å². The van der Waals surface area contributed by atoms with E-state index in [0.29, 0.717) is 23.3 Å². The van der Waals surface area contributed by atoms with Gasteiger partial charge in [0.25, 0.3) is 0 Å². The van der Waals surface area contributed by atoms with E-state index in [4.69, 9.17) is 28.6 Å². The lowest BCUT2D eigenvalue weighted by molar-refractivity contribution is 0.285. The van der Waals surface area contributed by atoms with Crippen molar-refractivity contribution < 1.29 is 4.74 Å². The first-order chi connectivity index (χ1) is 10.9. The molecule has 0 aliphatic heterocycles. The van der Waals surface area contributed by atoms with Gasteiger partial charge in [-0.2, -0.15) is 0 Å². The minimum atomic E-state index is 0.533. The number of benzene rings is 2. The van der Waals surface area contributed by atoms with Crippen LogP contribution in [-0.4, -0.2) is 30.2 Å². The van der Waals surface area contributed by atoms with Gasteiger partial charge >= 0.3 is 0 Å². The van der Waals surface area contributed by atoms with Gasteiger partial charge in [0.15, 0.2) is 5.11 Å². The van der Waals surface area contributed by atoms with E-state index in [2.05, 4.69) is 37.4 Å². The molecule has 2 rings (SSSR count). The van der Waals surface area contributed by atoms with Crippen molar-refractivity contribution in [1.82, 2.24) is 4.90 Å². The zero-order valence-electron chi connectivity index (χ0n) is 13.6. The van der Waals surface area contributed by atoms with Crippen LogP contribution in [0.4, 0.5) is 5.69 Å². The lowest BCUT2D eigenvalue weighted by Gasteiger charge is -2.21. The third kappa shape index (κ3) is 5.73. The van der Waals surface area contributed by atoms with Gasteiger partial charge in [0.1, 0.15) is 12.4 Å². The molecule has 0 bridgehead atoms. The summed E-state index contributed by atoms with van der Waals surface area (Å²) in [6.45, 7) is 5.36. The molecule has 0 fully saturated rings. The number of rotatable bonds is 5. The van der Waals surface area contributed by atoms with Crippen molar-refractivity contribution >= 4 is 34.6 Å². The van der Waals surface area contributed by atoms with Crippen molar-refractivity contribution in [2.45, 2.75) is 13.8 Å². The second-order valence-corrected chi connectivity index (χ2v) is 6.36. The average molecular weight is 349 g/mol. The third-order valence-electron chi connectivity index (χ3n) is 3.31. The topological polar surface area (TPSA) is 24.5 Å². The van der Waals surface area contributed by atoms with Crippen LogP contribution in [-0.2, 0) is 0 Å². The molecular formula is C18H21ClN2OS. The van der Waals surface area contributed by atoms with Crippen molar-refractivity contribution in [2.75, 3.05) is 25.5 Å². The first-order valence-electron chi connectivity index (χ1n) is 7.43. The van der Waals surface area contributed by atoms with Gasteiger partial charge in [0.2, 0.25) is 0 Å². The van der Waals surface area contributed by atoms with Gasteiger partial charge in [-0.1, -0.05) is 23.7 Å². The lowest BCUT2D eigenvalue weighted by Crippen LogP contribution is -2.34. The smallest absolute Gasteiger partial charge is 0.173 e. The maximum Gasteiger partial charge on any atom is 0.173 e. The summed E-state index contributed by atoms with van der Waals surface area (Å²) in [5, 5.41) is 4.60. The van der Waals surface area contributed by atoms with E-state index in [-0.39, 0.29) is 0 Å². The predicted molar refractivity (Wildman–Crippen MR) is 102 cm³/mol. The number of aryl methyl sites for hydroxylation is 2. The highest BCUT2D eigenvalue weighted by Gasteiger charge is 2.06. The normalized spacial score (nSPS) is 10.3.